The van der Waals surface area contributed by atoms with E-state index in [2.05, 4.69) is 17.2 Å². The second kappa shape index (κ2) is 6.50. The molecule has 0 atom stereocenters. The SMILES string of the molecule is CCc1ccc(NC(=O)/C=C/c2ccncc2)cc1. The maximum Gasteiger partial charge on any atom is 0.248 e. The van der Waals surface area contributed by atoms with Crippen LogP contribution < -0.4 is 5.32 Å². The van der Waals surface area contributed by atoms with Gasteiger partial charge in [-0.05, 0) is 47.9 Å². The lowest BCUT2D eigenvalue weighted by Crippen LogP contribution is -2.07. The molecule has 0 aliphatic heterocycles. The molecule has 19 heavy (non-hydrogen) atoms. The summed E-state index contributed by atoms with van der Waals surface area (Å²) in [6, 6.07) is 11.6. The van der Waals surface area contributed by atoms with Crippen molar-refractivity contribution in [3.8, 4) is 0 Å². The van der Waals surface area contributed by atoms with Crippen molar-refractivity contribution in [2.24, 2.45) is 0 Å². The van der Waals surface area contributed by atoms with Crippen LogP contribution in [0.15, 0.2) is 54.9 Å². The molecule has 3 heteroatoms. The maximum atomic E-state index is 11.7. The first kappa shape index (κ1) is 13.0. The summed E-state index contributed by atoms with van der Waals surface area (Å²) in [6.07, 6.45) is 7.67. The van der Waals surface area contributed by atoms with Gasteiger partial charge in [0.15, 0.2) is 0 Å². The molecule has 1 N–H and O–H groups in total. The average Bonchev–Trinajstić information content (AvgIpc) is 2.47. The fraction of sp³-hybridized carbons (Fsp3) is 0.125. The Bertz CT molecular complexity index is 559. The van der Waals surface area contributed by atoms with Gasteiger partial charge in [-0.1, -0.05) is 19.1 Å². The van der Waals surface area contributed by atoms with Crippen LogP contribution in [-0.2, 0) is 11.2 Å². The number of hydrogen-bond donors (Lipinski definition) is 1. The number of hydrogen-bond acceptors (Lipinski definition) is 2. The van der Waals surface area contributed by atoms with Crippen LogP contribution in [0.25, 0.3) is 6.08 Å². The topological polar surface area (TPSA) is 42.0 Å². The van der Waals surface area contributed by atoms with Gasteiger partial charge in [0, 0.05) is 24.2 Å². The number of nitrogens with zero attached hydrogens (tertiary/aromatic N) is 1. The molecule has 1 aromatic heterocycles. The molecule has 2 rings (SSSR count). The number of benzene rings is 1. The van der Waals surface area contributed by atoms with E-state index < -0.39 is 0 Å². The normalized spacial score (nSPS) is 10.6. The van der Waals surface area contributed by atoms with Gasteiger partial charge >= 0.3 is 0 Å². The van der Waals surface area contributed by atoms with Crippen molar-refractivity contribution >= 4 is 17.7 Å². The minimum absolute atomic E-state index is 0.138. The smallest absolute Gasteiger partial charge is 0.248 e. The van der Waals surface area contributed by atoms with Crippen molar-refractivity contribution in [2.45, 2.75) is 13.3 Å². The molecular formula is C16H16N2O. The zero-order valence-corrected chi connectivity index (χ0v) is 10.8. The Hall–Kier alpha value is -2.42. The molecule has 1 aromatic carbocycles. The number of rotatable bonds is 4. The summed E-state index contributed by atoms with van der Waals surface area (Å²) in [4.78, 5) is 15.6. The van der Waals surface area contributed by atoms with E-state index in [0.29, 0.717) is 0 Å². The Balaban J connectivity index is 1.95. The van der Waals surface area contributed by atoms with E-state index >= 15 is 0 Å². The van der Waals surface area contributed by atoms with E-state index in [4.69, 9.17) is 0 Å². The zero-order valence-electron chi connectivity index (χ0n) is 10.8. The predicted octanol–water partition coefficient (Wildman–Crippen LogP) is 3.30. The molecule has 1 heterocycles. The minimum Gasteiger partial charge on any atom is -0.323 e. The van der Waals surface area contributed by atoms with E-state index in [-0.39, 0.29) is 5.91 Å². The second-order valence-corrected chi connectivity index (χ2v) is 4.15. The molecule has 0 aliphatic carbocycles. The molecule has 0 radical (unpaired) electrons. The first-order chi connectivity index (χ1) is 9.28. The number of carbonyl (C=O) groups excluding carboxylic acids is 1. The van der Waals surface area contributed by atoms with Gasteiger partial charge in [0.05, 0.1) is 0 Å². The van der Waals surface area contributed by atoms with E-state index in [9.17, 15) is 4.79 Å². The van der Waals surface area contributed by atoms with Crippen LogP contribution in [0.1, 0.15) is 18.1 Å². The fourth-order valence-corrected chi connectivity index (χ4v) is 1.65. The first-order valence-corrected chi connectivity index (χ1v) is 6.26. The molecule has 0 spiro atoms. The highest BCUT2D eigenvalue weighted by Gasteiger charge is 1.97. The Morgan fingerprint density at radius 3 is 2.47 bits per heavy atom. The monoisotopic (exact) mass is 252 g/mol. The van der Waals surface area contributed by atoms with Gasteiger partial charge in [-0.15, -0.1) is 0 Å². The molecule has 0 saturated carbocycles. The second-order valence-electron chi connectivity index (χ2n) is 4.15. The molecule has 3 nitrogen and oxygen atoms in total. The molecule has 0 saturated heterocycles. The maximum absolute atomic E-state index is 11.7. The van der Waals surface area contributed by atoms with Crippen LogP contribution in [0.2, 0.25) is 0 Å². The molecule has 0 aliphatic rings. The van der Waals surface area contributed by atoms with Crippen LogP contribution >= 0.6 is 0 Å². The molecule has 96 valence electrons. The van der Waals surface area contributed by atoms with Gasteiger partial charge < -0.3 is 5.32 Å². The molecule has 0 fully saturated rings. The number of amides is 1. The molecule has 0 unspecified atom stereocenters. The Morgan fingerprint density at radius 2 is 1.84 bits per heavy atom. The molecule has 0 bridgehead atoms. The number of anilines is 1. The lowest BCUT2D eigenvalue weighted by Gasteiger charge is -2.03. The van der Waals surface area contributed by atoms with Crippen molar-refractivity contribution in [1.29, 1.82) is 0 Å². The van der Waals surface area contributed by atoms with E-state index in [1.807, 2.05) is 36.4 Å². The highest BCUT2D eigenvalue weighted by molar-refractivity contribution is 6.01. The quantitative estimate of drug-likeness (QED) is 0.848. The van der Waals surface area contributed by atoms with Crippen molar-refractivity contribution in [3.63, 3.8) is 0 Å². The summed E-state index contributed by atoms with van der Waals surface area (Å²) < 4.78 is 0. The predicted molar refractivity (Wildman–Crippen MR) is 77.7 cm³/mol. The van der Waals surface area contributed by atoms with Crippen LogP contribution in [-0.4, -0.2) is 10.9 Å². The highest BCUT2D eigenvalue weighted by atomic mass is 16.1. The highest BCUT2D eigenvalue weighted by Crippen LogP contribution is 2.10. The lowest BCUT2D eigenvalue weighted by molar-refractivity contribution is -0.111. The van der Waals surface area contributed by atoms with Crippen LogP contribution in [0.3, 0.4) is 0 Å². The summed E-state index contributed by atoms with van der Waals surface area (Å²) in [5.41, 5.74) is 3.01. The summed E-state index contributed by atoms with van der Waals surface area (Å²) in [5, 5.41) is 2.82. The zero-order chi connectivity index (χ0) is 13.5. The van der Waals surface area contributed by atoms with Gasteiger partial charge in [0.25, 0.3) is 0 Å². The summed E-state index contributed by atoms with van der Waals surface area (Å²) >= 11 is 0. The van der Waals surface area contributed by atoms with Crippen LogP contribution in [0.4, 0.5) is 5.69 Å². The van der Waals surface area contributed by atoms with E-state index in [1.165, 1.54) is 11.6 Å². The van der Waals surface area contributed by atoms with Crippen LogP contribution in [0.5, 0.6) is 0 Å². The third-order valence-electron chi connectivity index (χ3n) is 2.76. The third kappa shape index (κ3) is 4.07. The van der Waals surface area contributed by atoms with Crippen molar-refractivity contribution < 1.29 is 4.79 Å². The Kier molecular flexibility index (Phi) is 4.45. The largest absolute Gasteiger partial charge is 0.323 e. The van der Waals surface area contributed by atoms with Gasteiger partial charge in [0.1, 0.15) is 0 Å². The summed E-state index contributed by atoms with van der Waals surface area (Å²) in [5.74, 6) is -0.138. The van der Waals surface area contributed by atoms with Gasteiger partial charge in [0.2, 0.25) is 5.91 Å². The molecule has 1 amide bonds. The van der Waals surface area contributed by atoms with Crippen molar-refractivity contribution in [2.75, 3.05) is 5.32 Å². The van der Waals surface area contributed by atoms with Crippen molar-refractivity contribution in [3.05, 3.63) is 66.0 Å². The summed E-state index contributed by atoms with van der Waals surface area (Å²) in [7, 11) is 0. The van der Waals surface area contributed by atoms with Gasteiger partial charge in [-0.2, -0.15) is 0 Å². The van der Waals surface area contributed by atoms with E-state index in [1.54, 1.807) is 18.5 Å². The number of aryl methyl sites for hydroxylation is 1. The van der Waals surface area contributed by atoms with Crippen molar-refractivity contribution in [1.82, 2.24) is 4.98 Å². The van der Waals surface area contributed by atoms with Gasteiger partial charge in [-0.3, -0.25) is 9.78 Å². The first-order valence-electron chi connectivity index (χ1n) is 6.26. The number of carbonyl (C=O) groups is 1. The Morgan fingerprint density at radius 1 is 1.16 bits per heavy atom. The molecular weight excluding hydrogens is 236 g/mol. The van der Waals surface area contributed by atoms with Crippen LogP contribution in [0, 0.1) is 0 Å². The standard InChI is InChI=1S/C16H16N2O/c1-2-13-3-6-15(7-4-13)18-16(19)8-5-14-9-11-17-12-10-14/h3-12H,2H2,1H3,(H,18,19)/b8-5+. The molecule has 2 aromatic rings. The average molecular weight is 252 g/mol. The number of pyridine rings is 1. The fourth-order valence-electron chi connectivity index (χ4n) is 1.65. The summed E-state index contributed by atoms with van der Waals surface area (Å²) in [6.45, 7) is 2.10. The number of aromatic nitrogens is 1. The number of nitrogens with one attached hydrogen (secondary N) is 1. The lowest BCUT2D eigenvalue weighted by atomic mass is 10.1. The third-order valence-corrected chi connectivity index (χ3v) is 2.76. The minimum atomic E-state index is -0.138. The van der Waals surface area contributed by atoms with E-state index in [0.717, 1.165) is 17.7 Å². The van der Waals surface area contributed by atoms with Gasteiger partial charge in [-0.25, -0.2) is 0 Å². The Labute approximate surface area is 113 Å².